The predicted octanol–water partition coefficient (Wildman–Crippen LogP) is 2.59. The van der Waals surface area contributed by atoms with Gasteiger partial charge in [-0.15, -0.1) is 0 Å². The van der Waals surface area contributed by atoms with Crippen LogP contribution in [0.2, 0.25) is 0 Å². The van der Waals surface area contributed by atoms with Crippen LogP contribution in [0.3, 0.4) is 0 Å². The number of hydrogen-bond donors (Lipinski definition) is 2. The highest BCUT2D eigenvalue weighted by Gasteiger charge is 2.26. The second kappa shape index (κ2) is 5.76. The first kappa shape index (κ1) is 14.5. The summed E-state index contributed by atoms with van der Waals surface area (Å²) in [6, 6.07) is 12.0. The minimum atomic E-state index is -0.542. The molecule has 3 rings (SSSR count). The minimum absolute atomic E-state index is 0.125. The summed E-state index contributed by atoms with van der Waals surface area (Å²) in [7, 11) is 0. The summed E-state index contributed by atoms with van der Waals surface area (Å²) in [6.07, 6.45) is 0. The Bertz CT molecular complexity index is 806. The number of para-hydroxylation sites is 2. The van der Waals surface area contributed by atoms with Gasteiger partial charge in [0.2, 0.25) is 5.91 Å². The fourth-order valence-corrected chi connectivity index (χ4v) is 2.30. The van der Waals surface area contributed by atoms with E-state index in [0.29, 0.717) is 11.4 Å². The molecule has 8 nitrogen and oxygen atoms in total. The third kappa shape index (κ3) is 2.95. The molecule has 0 saturated heterocycles. The predicted molar refractivity (Wildman–Crippen MR) is 84.5 cm³/mol. The molecule has 3 amide bonds. The molecule has 0 fully saturated rings. The molecular formula is C15H12N4O4. The molecule has 0 aromatic heterocycles. The van der Waals surface area contributed by atoms with Crippen molar-refractivity contribution in [2.24, 2.45) is 0 Å². The van der Waals surface area contributed by atoms with Crippen LogP contribution >= 0.6 is 0 Å². The molecule has 0 atom stereocenters. The first-order chi connectivity index (χ1) is 11.0. The molecule has 1 aliphatic rings. The number of benzene rings is 2. The summed E-state index contributed by atoms with van der Waals surface area (Å²) in [5, 5.41) is 16.0. The highest BCUT2D eigenvalue weighted by Crippen LogP contribution is 2.29. The summed E-state index contributed by atoms with van der Waals surface area (Å²) in [5.41, 5.74) is 1.26. The van der Waals surface area contributed by atoms with Crippen LogP contribution in [0.25, 0.3) is 0 Å². The summed E-state index contributed by atoms with van der Waals surface area (Å²) in [4.78, 5) is 35.7. The molecule has 0 aliphatic carbocycles. The van der Waals surface area contributed by atoms with Gasteiger partial charge < -0.3 is 10.6 Å². The van der Waals surface area contributed by atoms with E-state index in [-0.39, 0.29) is 23.8 Å². The molecule has 0 spiro atoms. The maximum absolute atomic E-state index is 12.4. The van der Waals surface area contributed by atoms with Gasteiger partial charge in [0.1, 0.15) is 6.54 Å². The number of non-ortho nitro benzene ring substituents is 1. The number of nitro groups is 1. The summed E-state index contributed by atoms with van der Waals surface area (Å²) in [6.45, 7) is -0.127. The normalized spacial score (nSPS) is 13.0. The van der Waals surface area contributed by atoms with Gasteiger partial charge in [0.15, 0.2) is 0 Å². The molecule has 0 bridgehead atoms. The zero-order valence-corrected chi connectivity index (χ0v) is 11.9. The van der Waals surface area contributed by atoms with Gasteiger partial charge in [-0.3, -0.25) is 19.8 Å². The zero-order chi connectivity index (χ0) is 16.4. The van der Waals surface area contributed by atoms with Gasteiger partial charge in [0.25, 0.3) is 5.69 Å². The van der Waals surface area contributed by atoms with Crippen molar-refractivity contribution >= 4 is 34.7 Å². The molecule has 23 heavy (non-hydrogen) atoms. The van der Waals surface area contributed by atoms with Crippen molar-refractivity contribution in [3.8, 4) is 0 Å². The maximum Gasteiger partial charge on any atom is 0.326 e. The second-order valence-electron chi connectivity index (χ2n) is 4.89. The Morgan fingerprint density at radius 2 is 2.00 bits per heavy atom. The fourth-order valence-electron chi connectivity index (χ4n) is 2.30. The van der Waals surface area contributed by atoms with Gasteiger partial charge in [-0.05, 0) is 18.2 Å². The number of nitrogens with one attached hydrogen (secondary N) is 2. The van der Waals surface area contributed by atoms with E-state index >= 15 is 0 Å². The Morgan fingerprint density at radius 1 is 1.22 bits per heavy atom. The molecule has 0 saturated carbocycles. The van der Waals surface area contributed by atoms with Gasteiger partial charge in [0, 0.05) is 17.8 Å². The largest absolute Gasteiger partial charge is 0.326 e. The molecule has 0 radical (unpaired) electrons. The van der Waals surface area contributed by atoms with Crippen molar-refractivity contribution in [2.75, 3.05) is 22.1 Å². The van der Waals surface area contributed by atoms with Crippen molar-refractivity contribution in [1.82, 2.24) is 0 Å². The molecule has 2 aromatic carbocycles. The smallest absolute Gasteiger partial charge is 0.323 e. The van der Waals surface area contributed by atoms with Crippen LogP contribution in [0.15, 0.2) is 48.5 Å². The van der Waals surface area contributed by atoms with Crippen LogP contribution in [0, 0.1) is 10.1 Å². The van der Waals surface area contributed by atoms with E-state index < -0.39 is 11.0 Å². The topological polar surface area (TPSA) is 105 Å². The van der Waals surface area contributed by atoms with Gasteiger partial charge >= 0.3 is 6.03 Å². The van der Waals surface area contributed by atoms with E-state index in [2.05, 4.69) is 10.6 Å². The first-order valence-corrected chi connectivity index (χ1v) is 6.76. The summed E-state index contributed by atoms with van der Waals surface area (Å²) < 4.78 is 0. The molecule has 1 aliphatic heterocycles. The first-order valence-electron chi connectivity index (χ1n) is 6.76. The Balaban J connectivity index is 1.85. The number of nitrogens with zero attached hydrogens (tertiary/aromatic N) is 2. The number of urea groups is 1. The lowest BCUT2D eigenvalue weighted by molar-refractivity contribution is -0.384. The lowest BCUT2D eigenvalue weighted by atomic mass is 10.2. The number of carbonyl (C=O) groups excluding carboxylic acids is 2. The van der Waals surface area contributed by atoms with Crippen molar-refractivity contribution < 1.29 is 14.5 Å². The van der Waals surface area contributed by atoms with Gasteiger partial charge in [-0.25, -0.2) is 4.79 Å². The van der Waals surface area contributed by atoms with E-state index in [1.165, 1.54) is 23.1 Å². The monoisotopic (exact) mass is 312 g/mol. The van der Waals surface area contributed by atoms with Crippen molar-refractivity contribution in [2.45, 2.75) is 0 Å². The summed E-state index contributed by atoms with van der Waals surface area (Å²) in [5.74, 6) is -0.308. The number of rotatable bonds is 2. The van der Waals surface area contributed by atoms with Crippen LogP contribution < -0.4 is 15.5 Å². The molecule has 116 valence electrons. The van der Waals surface area contributed by atoms with E-state index in [0.717, 1.165) is 0 Å². The van der Waals surface area contributed by atoms with Crippen LogP contribution in [0.4, 0.5) is 27.5 Å². The lowest BCUT2D eigenvalue weighted by Gasteiger charge is -2.29. The van der Waals surface area contributed by atoms with Crippen LogP contribution in [-0.2, 0) is 4.79 Å². The fraction of sp³-hybridized carbons (Fsp3) is 0.0667. The highest BCUT2D eigenvalue weighted by molar-refractivity contribution is 6.12. The Labute approximate surface area is 130 Å². The standard InChI is InChI=1S/C15H12N4O4/c20-14-9-18(13-7-2-1-6-12(13)17-14)15(21)16-10-4-3-5-11(8-10)19(22)23/h1-8H,9H2,(H,16,21)(H,17,20). The minimum Gasteiger partial charge on any atom is -0.323 e. The molecule has 0 unspecified atom stereocenters. The van der Waals surface area contributed by atoms with Crippen molar-refractivity contribution in [3.05, 3.63) is 58.6 Å². The van der Waals surface area contributed by atoms with E-state index in [9.17, 15) is 19.7 Å². The quantitative estimate of drug-likeness (QED) is 0.656. The van der Waals surface area contributed by atoms with Gasteiger partial charge in [-0.2, -0.15) is 0 Å². The Kier molecular flexibility index (Phi) is 3.63. The maximum atomic E-state index is 12.4. The number of nitro benzene ring substituents is 1. The van der Waals surface area contributed by atoms with E-state index in [1.807, 2.05) is 0 Å². The van der Waals surface area contributed by atoms with Crippen LogP contribution in [-0.4, -0.2) is 23.4 Å². The number of fused-ring (bicyclic) bond motifs is 1. The third-order valence-corrected chi connectivity index (χ3v) is 3.32. The van der Waals surface area contributed by atoms with E-state index in [1.54, 1.807) is 30.3 Å². The Hall–Kier alpha value is -3.42. The van der Waals surface area contributed by atoms with Gasteiger partial charge in [0.05, 0.1) is 16.3 Å². The average Bonchev–Trinajstić information content (AvgIpc) is 2.54. The number of hydrogen-bond acceptors (Lipinski definition) is 4. The van der Waals surface area contributed by atoms with Crippen LogP contribution in [0.1, 0.15) is 0 Å². The number of anilines is 3. The lowest BCUT2D eigenvalue weighted by Crippen LogP contribution is -2.44. The van der Waals surface area contributed by atoms with E-state index in [4.69, 9.17) is 0 Å². The Morgan fingerprint density at radius 3 is 2.78 bits per heavy atom. The second-order valence-corrected chi connectivity index (χ2v) is 4.89. The highest BCUT2D eigenvalue weighted by atomic mass is 16.6. The van der Waals surface area contributed by atoms with Gasteiger partial charge in [-0.1, -0.05) is 18.2 Å². The molecule has 2 aromatic rings. The SMILES string of the molecule is O=C1CN(C(=O)Nc2cccc([N+](=O)[O-])c2)c2ccccc2N1. The third-order valence-electron chi connectivity index (χ3n) is 3.32. The van der Waals surface area contributed by atoms with Crippen molar-refractivity contribution in [1.29, 1.82) is 0 Å². The van der Waals surface area contributed by atoms with Crippen LogP contribution in [0.5, 0.6) is 0 Å². The number of carbonyl (C=O) groups is 2. The zero-order valence-electron chi connectivity index (χ0n) is 11.9. The van der Waals surface area contributed by atoms with Crippen molar-refractivity contribution in [3.63, 3.8) is 0 Å². The molecular weight excluding hydrogens is 300 g/mol. The molecule has 8 heteroatoms. The number of amides is 3. The average molecular weight is 312 g/mol. The summed E-state index contributed by atoms with van der Waals surface area (Å²) >= 11 is 0. The molecule has 2 N–H and O–H groups in total. The molecule has 1 heterocycles.